The summed E-state index contributed by atoms with van der Waals surface area (Å²) < 4.78 is 0. The molecular formula is C17H18NNaO2S. The number of carboxylic acids is 1. The number of hydrogen-bond donors (Lipinski definition) is 2. The van der Waals surface area contributed by atoms with E-state index in [1.165, 1.54) is 0 Å². The zero-order valence-corrected chi connectivity index (χ0v) is 15.8. The zero-order chi connectivity index (χ0) is 15.6. The molecule has 22 heavy (non-hydrogen) atoms. The Morgan fingerprint density at radius 1 is 1.18 bits per heavy atom. The molecule has 0 fully saturated rings. The average molecular weight is 323 g/mol. The number of hydrogen-bond acceptors (Lipinski definition) is 3. The first kappa shape index (κ1) is 18.8. The number of carboxylic acid groups (broad SMARTS) is 1. The number of nitrogen functional groups attached to an aromatic ring is 1. The van der Waals surface area contributed by atoms with Crippen LogP contribution in [-0.2, 0) is 11.2 Å². The Labute approximate surface area is 159 Å². The van der Waals surface area contributed by atoms with Crippen molar-refractivity contribution in [2.45, 2.75) is 20.3 Å². The molecule has 0 aliphatic carbocycles. The molecule has 2 rings (SSSR count). The van der Waals surface area contributed by atoms with Gasteiger partial charge in [-0.1, -0.05) is 54.2 Å². The summed E-state index contributed by atoms with van der Waals surface area (Å²) in [5.41, 5.74) is 11.0. The first-order chi connectivity index (χ1) is 9.90. The minimum Gasteiger partial charge on any atom is -1.00 e. The maximum absolute atomic E-state index is 10.9. The van der Waals surface area contributed by atoms with E-state index in [1.807, 2.05) is 44.2 Å². The molecule has 3 N–H and O–H groups in total. The molecule has 0 saturated carbocycles. The number of aryl methyl sites for hydroxylation is 2. The van der Waals surface area contributed by atoms with Crippen LogP contribution in [0.4, 0.5) is 5.69 Å². The van der Waals surface area contributed by atoms with Gasteiger partial charge in [-0.2, -0.15) is 0 Å². The fraction of sp³-hybridized carbons (Fsp3) is 0.176. The van der Waals surface area contributed by atoms with Crippen molar-refractivity contribution in [3.63, 3.8) is 0 Å². The number of rotatable bonds is 4. The van der Waals surface area contributed by atoms with E-state index in [4.69, 9.17) is 23.1 Å². The van der Waals surface area contributed by atoms with Gasteiger partial charge in [-0.3, -0.25) is 4.79 Å². The maximum Gasteiger partial charge on any atom is 1.00 e. The third kappa shape index (κ3) is 4.17. The van der Waals surface area contributed by atoms with Crippen LogP contribution >= 0.6 is 12.2 Å². The monoisotopic (exact) mass is 323 g/mol. The maximum atomic E-state index is 10.9. The van der Waals surface area contributed by atoms with Gasteiger partial charge in [-0.25, -0.2) is 0 Å². The molecule has 5 heteroatoms. The molecule has 0 radical (unpaired) electrons. The second kappa shape index (κ2) is 7.88. The van der Waals surface area contributed by atoms with Crippen molar-refractivity contribution >= 4 is 28.7 Å². The first-order valence-corrected chi connectivity index (χ1v) is 7.02. The van der Waals surface area contributed by atoms with E-state index >= 15 is 0 Å². The summed E-state index contributed by atoms with van der Waals surface area (Å²) in [5.74, 6) is -0.905. The Hall–Kier alpha value is -1.20. The summed E-state index contributed by atoms with van der Waals surface area (Å²) in [6.07, 6.45) is -0.102. The minimum absolute atomic E-state index is 0. The minimum atomic E-state index is -0.905. The van der Waals surface area contributed by atoms with E-state index < -0.39 is 5.97 Å². The number of thiocarbonyl (C=S) groups is 1. The van der Waals surface area contributed by atoms with Crippen LogP contribution in [0, 0.1) is 13.8 Å². The van der Waals surface area contributed by atoms with Crippen molar-refractivity contribution in [3.8, 4) is 0 Å². The fourth-order valence-corrected chi connectivity index (χ4v) is 2.65. The predicted octanol–water partition coefficient (Wildman–Crippen LogP) is 0.396. The van der Waals surface area contributed by atoms with Gasteiger partial charge in [-0.05, 0) is 30.5 Å². The smallest absolute Gasteiger partial charge is 1.00 e. The molecule has 0 saturated heterocycles. The van der Waals surface area contributed by atoms with Crippen LogP contribution in [0.15, 0.2) is 36.4 Å². The Morgan fingerprint density at radius 2 is 1.77 bits per heavy atom. The number of aliphatic carboxylic acids is 1. The van der Waals surface area contributed by atoms with Crippen LogP contribution in [0.25, 0.3) is 0 Å². The molecule has 0 spiro atoms. The van der Waals surface area contributed by atoms with Crippen LogP contribution in [0.2, 0.25) is 0 Å². The quantitative estimate of drug-likeness (QED) is 0.370. The fourth-order valence-electron chi connectivity index (χ4n) is 2.24. The van der Waals surface area contributed by atoms with Crippen LogP contribution in [-0.4, -0.2) is 15.9 Å². The number of nitrogens with two attached hydrogens (primary N) is 1. The second-order valence-corrected chi connectivity index (χ2v) is 5.50. The number of anilines is 1. The molecule has 0 unspecified atom stereocenters. The molecule has 2 aromatic carbocycles. The van der Waals surface area contributed by atoms with E-state index in [0.717, 1.165) is 22.3 Å². The molecule has 0 heterocycles. The zero-order valence-electron chi connectivity index (χ0n) is 14.0. The molecule has 3 nitrogen and oxygen atoms in total. The van der Waals surface area contributed by atoms with Crippen molar-refractivity contribution in [1.29, 1.82) is 0 Å². The molecule has 0 aliphatic rings. The van der Waals surface area contributed by atoms with E-state index in [0.29, 0.717) is 16.1 Å². The van der Waals surface area contributed by atoms with Gasteiger partial charge < -0.3 is 12.3 Å². The van der Waals surface area contributed by atoms with Crippen molar-refractivity contribution in [2.75, 3.05) is 5.73 Å². The van der Waals surface area contributed by atoms with Crippen molar-refractivity contribution in [1.82, 2.24) is 0 Å². The van der Waals surface area contributed by atoms with Gasteiger partial charge in [0.1, 0.15) is 0 Å². The Bertz CT molecular complexity index is 717. The normalized spacial score (nSPS) is 9.91. The van der Waals surface area contributed by atoms with Gasteiger partial charge in [0, 0.05) is 11.3 Å². The van der Waals surface area contributed by atoms with Crippen molar-refractivity contribution < 1.29 is 40.9 Å². The Morgan fingerprint density at radius 3 is 2.32 bits per heavy atom. The molecule has 0 amide bonds. The summed E-state index contributed by atoms with van der Waals surface area (Å²) >= 11 is 5.55. The number of carbonyl (C=O) groups is 1. The standard InChI is InChI=1S/C17H17NO2S.Na.H/c1-10-3-6-12(7-4-10)17(21)15-11(2)5-8-13(16(15)18)9-14(19)20;;/h3-8H,9,18H2,1-2H3,(H,19,20);;/q;+1;-1. The average Bonchev–Trinajstić information content (AvgIpc) is 2.42. The molecule has 2 aromatic rings. The molecular weight excluding hydrogens is 305 g/mol. The largest absolute Gasteiger partial charge is 1.00 e. The summed E-state index contributed by atoms with van der Waals surface area (Å²) in [6.45, 7) is 3.94. The molecule has 0 bridgehead atoms. The summed E-state index contributed by atoms with van der Waals surface area (Å²) in [5, 5.41) is 8.95. The predicted molar refractivity (Wildman–Crippen MR) is 90.0 cm³/mol. The van der Waals surface area contributed by atoms with Crippen LogP contribution in [0.3, 0.4) is 0 Å². The Balaban J connectivity index is 0.00000242. The van der Waals surface area contributed by atoms with Crippen LogP contribution < -0.4 is 35.3 Å². The topological polar surface area (TPSA) is 63.3 Å². The van der Waals surface area contributed by atoms with Gasteiger partial charge in [0.05, 0.1) is 11.3 Å². The van der Waals surface area contributed by atoms with Gasteiger partial charge in [-0.15, -0.1) is 0 Å². The van der Waals surface area contributed by atoms with Crippen molar-refractivity contribution in [3.05, 3.63) is 64.2 Å². The third-order valence-corrected chi connectivity index (χ3v) is 3.87. The first-order valence-electron chi connectivity index (χ1n) is 6.61. The molecule has 0 aromatic heterocycles. The SMILES string of the molecule is Cc1ccc(C(=S)c2c(C)ccc(CC(=O)O)c2N)cc1.[H-].[Na+]. The van der Waals surface area contributed by atoms with E-state index in [-0.39, 0.29) is 37.4 Å². The molecule has 110 valence electrons. The molecule has 0 atom stereocenters. The van der Waals surface area contributed by atoms with Gasteiger partial charge in [0.25, 0.3) is 0 Å². The van der Waals surface area contributed by atoms with Crippen LogP contribution in [0.5, 0.6) is 0 Å². The summed E-state index contributed by atoms with van der Waals surface area (Å²) in [6, 6.07) is 11.5. The second-order valence-electron chi connectivity index (χ2n) is 5.10. The van der Waals surface area contributed by atoms with Gasteiger partial charge in [0.2, 0.25) is 0 Å². The van der Waals surface area contributed by atoms with Gasteiger partial charge >= 0.3 is 35.5 Å². The van der Waals surface area contributed by atoms with E-state index in [9.17, 15) is 4.79 Å². The summed E-state index contributed by atoms with van der Waals surface area (Å²) in [7, 11) is 0. The van der Waals surface area contributed by atoms with E-state index in [2.05, 4.69) is 0 Å². The molecule has 0 aliphatic heterocycles. The van der Waals surface area contributed by atoms with E-state index in [1.54, 1.807) is 6.07 Å². The van der Waals surface area contributed by atoms with Crippen LogP contribution in [0.1, 0.15) is 29.2 Å². The summed E-state index contributed by atoms with van der Waals surface area (Å²) in [4.78, 5) is 11.6. The third-order valence-electron chi connectivity index (χ3n) is 3.43. The number of benzene rings is 2. The Kier molecular flexibility index (Phi) is 6.75. The van der Waals surface area contributed by atoms with Gasteiger partial charge in [0.15, 0.2) is 0 Å². The van der Waals surface area contributed by atoms with Crippen molar-refractivity contribution in [2.24, 2.45) is 0 Å².